The summed E-state index contributed by atoms with van der Waals surface area (Å²) in [6.07, 6.45) is 16.1. The second-order valence-electron chi connectivity index (χ2n) is 6.60. The molecule has 0 saturated heterocycles. The molecular formula is C17H30Si. The Kier molecular flexibility index (Phi) is 7.43. The van der Waals surface area contributed by atoms with Crippen LogP contribution in [0.15, 0.2) is 11.6 Å². The fraction of sp³-hybridized carbons (Fsp3) is 0.765. The van der Waals surface area contributed by atoms with E-state index in [-0.39, 0.29) is 0 Å². The maximum atomic E-state index is 3.52. The van der Waals surface area contributed by atoms with Crippen molar-refractivity contribution in [1.82, 2.24) is 0 Å². The lowest BCUT2D eigenvalue weighted by Gasteiger charge is -2.07. The Balaban J connectivity index is 2.55. The normalized spacial score (nSPS) is 22.7. The molecule has 0 bridgehead atoms. The lowest BCUT2D eigenvalue weighted by atomic mass is 10.0. The first kappa shape index (κ1) is 15.6. The van der Waals surface area contributed by atoms with Gasteiger partial charge in [0.2, 0.25) is 0 Å². The van der Waals surface area contributed by atoms with Gasteiger partial charge in [-0.05, 0) is 31.3 Å². The predicted molar refractivity (Wildman–Crippen MR) is 85.4 cm³/mol. The second kappa shape index (κ2) is 8.59. The van der Waals surface area contributed by atoms with E-state index in [1.807, 2.05) is 0 Å². The molecule has 0 amide bonds. The molecular weight excluding hydrogens is 232 g/mol. The molecule has 0 aromatic carbocycles. The van der Waals surface area contributed by atoms with E-state index in [9.17, 15) is 0 Å². The number of hydrogen-bond donors (Lipinski definition) is 0. The fourth-order valence-corrected chi connectivity index (χ4v) is 2.82. The van der Waals surface area contributed by atoms with Crippen LogP contribution in [-0.2, 0) is 0 Å². The Morgan fingerprint density at radius 2 is 1.39 bits per heavy atom. The van der Waals surface area contributed by atoms with Crippen molar-refractivity contribution < 1.29 is 0 Å². The highest BCUT2D eigenvalue weighted by Gasteiger charge is 2.07. The quantitative estimate of drug-likeness (QED) is 0.387. The summed E-state index contributed by atoms with van der Waals surface area (Å²) in [7, 11) is -1.21. The first-order chi connectivity index (χ1) is 8.58. The summed E-state index contributed by atoms with van der Waals surface area (Å²) in [5, 5.41) is 0. The van der Waals surface area contributed by atoms with Crippen molar-refractivity contribution in [1.29, 1.82) is 0 Å². The van der Waals surface area contributed by atoms with Crippen LogP contribution in [-0.4, -0.2) is 8.07 Å². The molecule has 1 rings (SSSR count). The van der Waals surface area contributed by atoms with Crippen LogP contribution >= 0.6 is 0 Å². The lowest BCUT2D eigenvalue weighted by molar-refractivity contribution is 0.564. The summed E-state index contributed by atoms with van der Waals surface area (Å²) < 4.78 is 0. The SMILES string of the molecule is C[Si](C)(C)C#C/C1=C\CCCCCCCCCC1. The molecule has 0 unspecified atom stereocenters. The third kappa shape index (κ3) is 8.58. The van der Waals surface area contributed by atoms with E-state index in [0.717, 1.165) is 0 Å². The van der Waals surface area contributed by atoms with Crippen LogP contribution in [0.2, 0.25) is 19.6 Å². The Morgan fingerprint density at radius 1 is 0.833 bits per heavy atom. The molecule has 0 heterocycles. The molecule has 1 aliphatic carbocycles. The van der Waals surface area contributed by atoms with Crippen molar-refractivity contribution in [3.8, 4) is 11.5 Å². The van der Waals surface area contributed by atoms with Crippen molar-refractivity contribution in [2.75, 3.05) is 0 Å². The van der Waals surface area contributed by atoms with Gasteiger partial charge in [-0.3, -0.25) is 0 Å². The van der Waals surface area contributed by atoms with Gasteiger partial charge in [0.15, 0.2) is 0 Å². The van der Waals surface area contributed by atoms with Crippen molar-refractivity contribution >= 4 is 8.07 Å². The average molecular weight is 263 g/mol. The Labute approximate surface area is 115 Å². The molecule has 0 N–H and O–H groups in total. The van der Waals surface area contributed by atoms with Crippen molar-refractivity contribution in [3.63, 3.8) is 0 Å². The zero-order chi connectivity index (χ0) is 13.3. The molecule has 1 aliphatic rings. The molecule has 0 aromatic heterocycles. The predicted octanol–water partition coefficient (Wildman–Crippen LogP) is 5.71. The summed E-state index contributed by atoms with van der Waals surface area (Å²) in [5.41, 5.74) is 4.95. The molecule has 0 fully saturated rings. The maximum absolute atomic E-state index is 3.52. The highest BCUT2D eigenvalue weighted by atomic mass is 28.3. The van der Waals surface area contributed by atoms with E-state index in [1.54, 1.807) is 0 Å². The van der Waals surface area contributed by atoms with Gasteiger partial charge in [0.05, 0.1) is 0 Å². The molecule has 0 spiro atoms. The van der Waals surface area contributed by atoms with Gasteiger partial charge in [0.1, 0.15) is 8.07 Å². The lowest BCUT2D eigenvalue weighted by Crippen LogP contribution is -2.16. The van der Waals surface area contributed by atoms with Gasteiger partial charge in [0.25, 0.3) is 0 Å². The van der Waals surface area contributed by atoms with Crippen LogP contribution in [0, 0.1) is 11.5 Å². The third-order valence-corrected chi connectivity index (χ3v) is 4.26. The highest BCUT2D eigenvalue weighted by Crippen LogP contribution is 2.16. The second-order valence-corrected chi connectivity index (χ2v) is 11.3. The average Bonchev–Trinajstić information content (AvgIpc) is 2.27. The molecule has 18 heavy (non-hydrogen) atoms. The number of allylic oxidation sites excluding steroid dienone is 2. The van der Waals surface area contributed by atoms with E-state index in [2.05, 4.69) is 37.2 Å². The van der Waals surface area contributed by atoms with Crippen LogP contribution in [0.25, 0.3) is 0 Å². The summed E-state index contributed by atoms with van der Waals surface area (Å²) in [6, 6.07) is 0. The monoisotopic (exact) mass is 262 g/mol. The van der Waals surface area contributed by atoms with Gasteiger partial charge >= 0.3 is 0 Å². The summed E-state index contributed by atoms with van der Waals surface area (Å²) in [4.78, 5) is 0. The van der Waals surface area contributed by atoms with E-state index >= 15 is 0 Å². The zero-order valence-electron chi connectivity index (χ0n) is 12.6. The van der Waals surface area contributed by atoms with Gasteiger partial charge in [-0.15, -0.1) is 5.54 Å². The van der Waals surface area contributed by atoms with Crippen molar-refractivity contribution in [3.05, 3.63) is 11.6 Å². The standard InChI is InChI=1S/C17H30Si/c1-18(2,3)16-15-17-13-11-9-7-5-4-6-8-10-12-14-17/h13H,4-12,14H2,1-3H3/b17-13-. The van der Waals surface area contributed by atoms with Crippen LogP contribution in [0.3, 0.4) is 0 Å². The minimum atomic E-state index is -1.21. The molecule has 0 aliphatic heterocycles. The molecule has 102 valence electrons. The molecule has 0 nitrogen and oxygen atoms in total. The molecule has 0 atom stereocenters. The summed E-state index contributed by atoms with van der Waals surface area (Å²) >= 11 is 0. The molecule has 0 aromatic rings. The Hall–Kier alpha value is -0.483. The van der Waals surface area contributed by atoms with E-state index in [4.69, 9.17) is 0 Å². The van der Waals surface area contributed by atoms with Crippen LogP contribution in [0.1, 0.15) is 64.2 Å². The third-order valence-electron chi connectivity index (χ3n) is 3.39. The first-order valence-electron chi connectivity index (χ1n) is 7.80. The minimum Gasteiger partial charge on any atom is -0.127 e. The Morgan fingerprint density at radius 3 is 2.00 bits per heavy atom. The zero-order valence-corrected chi connectivity index (χ0v) is 13.6. The highest BCUT2D eigenvalue weighted by molar-refractivity contribution is 6.83. The Bertz CT molecular complexity index is 309. The van der Waals surface area contributed by atoms with Crippen molar-refractivity contribution in [2.24, 2.45) is 0 Å². The molecule has 1 heteroatoms. The van der Waals surface area contributed by atoms with Crippen LogP contribution < -0.4 is 0 Å². The van der Waals surface area contributed by atoms with Gasteiger partial charge in [-0.1, -0.05) is 70.2 Å². The fourth-order valence-electron chi connectivity index (χ4n) is 2.28. The van der Waals surface area contributed by atoms with Gasteiger partial charge in [-0.25, -0.2) is 0 Å². The number of rotatable bonds is 0. The van der Waals surface area contributed by atoms with E-state index in [0.29, 0.717) is 0 Å². The van der Waals surface area contributed by atoms with Gasteiger partial charge in [-0.2, -0.15) is 0 Å². The van der Waals surface area contributed by atoms with Gasteiger partial charge in [0, 0.05) is 0 Å². The molecule has 0 radical (unpaired) electrons. The topological polar surface area (TPSA) is 0 Å². The summed E-state index contributed by atoms with van der Waals surface area (Å²) in [6.45, 7) is 6.99. The van der Waals surface area contributed by atoms with Gasteiger partial charge < -0.3 is 0 Å². The van der Waals surface area contributed by atoms with Crippen molar-refractivity contribution in [2.45, 2.75) is 83.8 Å². The molecule has 0 saturated carbocycles. The minimum absolute atomic E-state index is 1.21. The number of hydrogen-bond acceptors (Lipinski definition) is 0. The van der Waals surface area contributed by atoms with Crippen LogP contribution in [0.4, 0.5) is 0 Å². The van der Waals surface area contributed by atoms with E-state index < -0.39 is 8.07 Å². The first-order valence-corrected chi connectivity index (χ1v) is 11.3. The largest absolute Gasteiger partial charge is 0.129 e. The summed E-state index contributed by atoms with van der Waals surface area (Å²) in [5.74, 6) is 3.49. The van der Waals surface area contributed by atoms with Crippen LogP contribution in [0.5, 0.6) is 0 Å². The maximum Gasteiger partial charge on any atom is 0.129 e. The van der Waals surface area contributed by atoms with E-state index in [1.165, 1.54) is 69.8 Å². The smallest absolute Gasteiger partial charge is 0.127 e.